The van der Waals surface area contributed by atoms with E-state index in [1.807, 2.05) is 0 Å². The van der Waals surface area contributed by atoms with Crippen LogP contribution in [-0.4, -0.2) is 6.54 Å². The Balaban J connectivity index is 2.52. The van der Waals surface area contributed by atoms with Crippen molar-refractivity contribution >= 4 is 20.2 Å². The molecule has 0 radical (unpaired) electrons. The highest BCUT2D eigenvalue weighted by Gasteiger charge is 1.87. The molecular weight excluding hydrogens is 153 g/mol. The highest BCUT2D eigenvalue weighted by Crippen LogP contribution is 2.04. The van der Waals surface area contributed by atoms with Crippen LogP contribution in [0.3, 0.4) is 0 Å². The first-order valence-electron chi connectivity index (χ1n) is 3.92. The van der Waals surface area contributed by atoms with Crippen molar-refractivity contribution in [1.82, 2.24) is 0 Å². The van der Waals surface area contributed by atoms with Crippen LogP contribution in [-0.2, 0) is 0 Å². The summed E-state index contributed by atoms with van der Waals surface area (Å²) in [5.41, 5.74) is 1.21. The van der Waals surface area contributed by atoms with Gasteiger partial charge in [-0.25, -0.2) is 0 Å². The zero-order valence-electron chi connectivity index (χ0n) is 6.80. The van der Waals surface area contributed by atoms with Gasteiger partial charge in [-0.05, 0) is 23.9 Å². The first-order chi connectivity index (χ1) is 5.33. The monoisotopic (exact) mass is 167 g/mol. The lowest BCUT2D eigenvalue weighted by Gasteiger charge is -2.03. The highest BCUT2D eigenvalue weighted by molar-refractivity contribution is 7.27. The molecule has 0 aromatic heterocycles. The van der Waals surface area contributed by atoms with Gasteiger partial charge in [0, 0.05) is 12.2 Å². The molecule has 1 N–H and O–H groups in total. The molecule has 0 aliphatic rings. The van der Waals surface area contributed by atoms with E-state index in [0.29, 0.717) is 0 Å². The van der Waals surface area contributed by atoms with Gasteiger partial charge in [0.15, 0.2) is 0 Å². The molecule has 11 heavy (non-hydrogen) atoms. The van der Waals surface area contributed by atoms with Crippen LogP contribution >= 0.6 is 9.24 Å². The number of benzene rings is 1. The molecular formula is C9H14NP. The van der Waals surface area contributed by atoms with Gasteiger partial charge in [0.2, 0.25) is 0 Å². The summed E-state index contributed by atoms with van der Waals surface area (Å²) in [6.07, 6.45) is 1.17. The van der Waals surface area contributed by atoms with Gasteiger partial charge in [-0.2, -0.15) is 0 Å². The number of rotatable bonds is 3. The molecule has 0 heterocycles. The van der Waals surface area contributed by atoms with Crippen LogP contribution in [0.2, 0.25) is 0 Å². The van der Waals surface area contributed by atoms with Crippen molar-refractivity contribution < 1.29 is 0 Å². The summed E-state index contributed by atoms with van der Waals surface area (Å²) < 4.78 is 0. The zero-order chi connectivity index (χ0) is 8.10. The molecule has 60 valence electrons. The van der Waals surface area contributed by atoms with Crippen molar-refractivity contribution in [2.45, 2.75) is 13.3 Å². The number of hydrogen-bond donors (Lipinski definition) is 1. The number of anilines is 1. The predicted molar refractivity (Wildman–Crippen MR) is 54.6 cm³/mol. The Kier molecular flexibility index (Phi) is 3.38. The molecule has 1 aromatic rings. The van der Waals surface area contributed by atoms with Gasteiger partial charge in [0.25, 0.3) is 0 Å². The molecule has 1 aromatic carbocycles. The van der Waals surface area contributed by atoms with Gasteiger partial charge in [-0.1, -0.05) is 19.1 Å². The van der Waals surface area contributed by atoms with Gasteiger partial charge >= 0.3 is 0 Å². The summed E-state index contributed by atoms with van der Waals surface area (Å²) in [6.45, 7) is 3.22. The van der Waals surface area contributed by atoms with Crippen LogP contribution in [0.1, 0.15) is 13.3 Å². The lowest BCUT2D eigenvalue weighted by atomic mass is 10.3. The number of hydrogen-bond acceptors (Lipinski definition) is 1. The van der Waals surface area contributed by atoms with E-state index in [0.717, 1.165) is 6.54 Å². The topological polar surface area (TPSA) is 12.0 Å². The van der Waals surface area contributed by atoms with Gasteiger partial charge < -0.3 is 5.32 Å². The molecule has 1 rings (SSSR count). The molecule has 0 amide bonds. The highest BCUT2D eigenvalue weighted by atomic mass is 31.0. The minimum atomic E-state index is 1.05. The Labute approximate surface area is 70.4 Å². The van der Waals surface area contributed by atoms with Crippen molar-refractivity contribution in [3.8, 4) is 0 Å². The van der Waals surface area contributed by atoms with E-state index < -0.39 is 0 Å². The van der Waals surface area contributed by atoms with Gasteiger partial charge in [0.05, 0.1) is 0 Å². The summed E-state index contributed by atoms with van der Waals surface area (Å²) in [4.78, 5) is 0. The lowest BCUT2D eigenvalue weighted by molar-refractivity contribution is 0.980. The Hall–Kier alpha value is -0.550. The fourth-order valence-corrected chi connectivity index (χ4v) is 1.06. The molecule has 0 aliphatic heterocycles. The molecule has 0 saturated carbocycles. The zero-order valence-corrected chi connectivity index (χ0v) is 7.96. The normalized spacial score (nSPS) is 9.64. The molecule has 1 unspecified atom stereocenters. The van der Waals surface area contributed by atoms with Crippen LogP contribution in [0.4, 0.5) is 5.69 Å². The van der Waals surface area contributed by atoms with E-state index in [1.165, 1.54) is 17.4 Å². The third-order valence-electron chi connectivity index (χ3n) is 1.49. The molecule has 1 nitrogen and oxygen atoms in total. The molecule has 0 fully saturated rings. The third kappa shape index (κ3) is 2.90. The van der Waals surface area contributed by atoms with Gasteiger partial charge in [-0.3, -0.25) is 0 Å². The largest absolute Gasteiger partial charge is 0.385 e. The van der Waals surface area contributed by atoms with Gasteiger partial charge in [0.1, 0.15) is 0 Å². The maximum absolute atomic E-state index is 3.31. The molecule has 0 aliphatic carbocycles. The second kappa shape index (κ2) is 4.35. The van der Waals surface area contributed by atoms with E-state index >= 15 is 0 Å². The van der Waals surface area contributed by atoms with Crippen LogP contribution in [0.5, 0.6) is 0 Å². The third-order valence-corrected chi connectivity index (χ3v) is 1.87. The Bertz CT molecular complexity index is 205. The first kappa shape index (κ1) is 8.55. The fourth-order valence-electron chi connectivity index (χ4n) is 0.870. The van der Waals surface area contributed by atoms with Crippen molar-refractivity contribution in [3.63, 3.8) is 0 Å². The smallest absolute Gasteiger partial charge is 0.0340 e. The van der Waals surface area contributed by atoms with Crippen LogP contribution in [0, 0.1) is 0 Å². The molecule has 0 spiro atoms. The first-order valence-corrected chi connectivity index (χ1v) is 4.50. The minimum absolute atomic E-state index is 1.05. The SMILES string of the molecule is CCCNc1ccc(P)cc1. The average Bonchev–Trinajstić information content (AvgIpc) is 2.04. The second-order valence-corrected chi connectivity index (χ2v) is 3.22. The molecule has 2 heteroatoms. The average molecular weight is 167 g/mol. The van der Waals surface area contributed by atoms with Gasteiger partial charge in [-0.15, -0.1) is 9.24 Å². The quantitative estimate of drug-likeness (QED) is 0.679. The van der Waals surface area contributed by atoms with Crippen LogP contribution < -0.4 is 10.6 Å². The maximum Gasteiger partial charge on any atom is 0.0340 e. The summed E-state index contributed by atoms with van der Waals surface area (Å²) in [7, 11) is 2.67. The van der Waals surface area contributed by atoms with Crippen molar-refractivity contribution in [1.29, 1.82) is 0 Å². The van der Waals surface area contributed by atoms with E-state index in [9.17, 15) is 0 Å². The molecule has 0 bridgehead atoms. The van der Waals surface area contributed by atoms with Crippen molar-refractivity contribution in [3.05, 3.63) is 24.3 Å². The van der Waals surface area contributed by atoms with Crippen LogP contribution in [0.15, 0.2) is 24.3 Å². The standard InChI is InChI=1S/C9H14NP/c1-2-7-10-8-3-5-9(11)6-4-8/h3-6,10H,2,7,11H2,1H3. The van der Waals surface area contributed by atoms with E-state index in [2.05, 4.69) is 45.7 Å². The fraction of sp³-hybridized carbons (Fsp3) is 0.333. The lowest BCUT2D eigenvalue weighted by Crippen LogP contribution is -2.00. The Morgan fingerprint density at radius 2 is 1.91 bits per heavy atom. The van der Waals surface area contributed by atoms with Crippen LogP contribution in [0.25, 0.3) is 0 Å². The van der Waals surface area contributed by atoms with E-state index in [1.54, 1.807) is 0 Å². The van der Waals surface area contributed by atoms with Crippen molar-refractivity contribution in [2.75, 3.05) is 11.9 Å². The Morgan fingerprint density at radius 1 is 1.27 bits per heavy atom. The second-order valence-electron chi connectivity index (χ2n) is 2.55. The number of nitrogens with one attached hydrogen (secondary N) is 1. The molecule has 0 saturated heterocycles. The summed E-state index contributed by atoms with van der Waals surface area (Å²) in [5, 5.41) is 4.54. The summed E-state index contributed by atoms with van der Waals surface area (Å²) >= 11 is 0. The van der Waals surface area contributed by atoms with E-state index in [-0.39, 0.29) is 0 Å². The van der Waals surface area contributed by atoms with E-state index in [4.69, 9.17) is 0 Å². The maximum atomic E-state index is 3.31. The summed E-state index contributed by atoms with van der Waals surface area (Å²) in [6, 6.07) is 8.36. The summed E-state index contributed by atoms with van der Waals surface area (Å²) in [5.74, 6) is 0. The van der Waals surface area contributed by atoms with Crippen molar-refractivity contribution in [2.24, 2.45) is 0 Å². The predicted octanol–water partition coefficient (Wildman–Crippen LogP) is 2.01. The minimum Gasteiger partial charge on any atom is -0.385 e. The Morgan fingerprint density at radius 3 is 2.45 bits per heavy atom. The molecule has 1 atom stereocenters.